The second-order valence-electron chi connectivity index (χ2n) is 4.18. The number of aromatic nitrogens is 1. The van der Waals surface area contributed by atoms with Gasteiger partial charge in [0.1, 0.15) is 0 Å². The zero-order valence-corrected chi connectivity index (χ0v) is 8.83. The van der Waals surface area contributed by atoms with Gasteiger partial charge in [0.15, 0.2) is 0 Å². The number of nitrogens with zero attached hydrogens (tertiary/aromatic N) is 1. The molecular weight excluding hydrogens is 182 g/mol. The summed E-state index contributed by atoms with van der Waals surface area (Å²) < 4.78 is 0. The van der Waals surface area contributed by atoms with Crippen LogP contribution in [0.1, 0.15) is 27.9 Å². The summed E-state index contributed by atoms with van der Waals surface area (Å²) in [6, 6.07) is 10.8. The summed E-state index contributed by atoms with van der Waals surface area (Å²) in [7, 11) is 0. The van der Waals surface area contributed by atoms with E-state index in [1.807, 2.05) is 12.3 Å². The quantitative estimate of drug-likeness (QED) is 0.537. The average molecular weight is 195 g/mol. The van der Waals surface area contributed by atoms with E-state index in [0.29, 0.717) is 0 Å². The fraction of sp³-hybridized carbons (Fsp3) is 0.214. The first-order chi connectivity index (χ1) is 7.34. The van der Waals surface area contributed by atoms with Crippen LogP contribution in [0.4, 0.5) is 0 Å². The Hall–Kier alpha value is -1.63. The monoisotopic (exact) mass is 195 g/mol. The molecule has 1 heteroatoms. The lowest BCUT2D eigenvalue weighted by Crippen LogP contribution is -2.10. The van der Waals surface area contributed by atoms with Crippen LogP contribution in [0.2, 0.25) is 0 Å². The maximum Gasteiger partial charge on any atom is 0.0482 e. The van der Waals surface area contributed by atoms with Gasteiger partial charge in [-0.15, -0.1) is 0 Å². The molecule has 0 atom stereocenters. The summed E-state index contributed by atoms with van der Waals surface area (Å²) in [5.74, 6) is 0. The minimum Gasteiger partial charge on any atom is -0.261 e. The van der Waals surface area contributed by atoms with Crippen molar-refractivity contribution in [3.63, 3.8) is 0 Å². The minimum absolute atomic E-state index is 0.998. The van der Waals surface area contributed by atoms with Gasteiger partial charge in [-0.25, -0.2) is 0 Å². The van der Waals surface area contributed by atoms with E-state index in [1.165, 1.54) is 27.9 Å². The molecule has 1 heterocycles. The van der Waals surface area contributed by atoms with Crippen molar-refractivity contribution < 1.29 is 0 Å². The Morgan fingerprint density at radius 1 is 1.00 bits per heavy atom. The topological polar surface area (TPSA) is 12.9 Å². The molecule has 0 fully saturated rings. The summed E-state index contributed by atoms with van der Waals surface area (Å²) in [6.45, 7) is 2.19. The summed E-state index contributed by atoms with van der Waals surface area (Å²) in [6.07, 6.45) is 3.93. The van der Waals surface area contributed by atoms with E-state index in [9.17, 15) is 0 Å². The number of pyridine rings is 1. The molecule has 1 nitrogen and oxygen atoms in total. The Kier molecular flexibility index (Phi) is 1.84. The summed E-state index contributed by atoms with van der Waals surface area (Å²) >= 11 is 0. The predicted molar refractivity (Wildman–Crippen MR) is 61.0 cm³/mol. The number of rotatable bonds is 0. The molecule has 1 aromatic carbocycles. The van der Waals surface area contributed by atoms with Crippen LogP contribution < -0.4 is 0 Å². The smallest absolute Gasteiger partial charge is 0.0482 e. The Bertz CT molecular complexity index is 514. The largest absolute Gasteiger partial charge is 0.261 e. The summed E-state index contributed by atoms with van der Waals surface area (Å²) in [5, 5.41) is 0. The Labute approximate surface area is 89.8 Å². The zero-order valence-electron chi connectivity index (χ0n) is 8.83. The first-order valence-corrected chi connectivity index (χ1v) is 5.35. The second-order valence-corrected chi connectivity index (χ2v) is 4.18. The molecule has 2 aromatic rings. The number of hydrogen-bond donors (Lipinski definition) is 0. The third kappa shape index (κ3) is 1.35. The lowest BCUT2D eigenvalue weighted by Gasteiger charge is -2.20. The number of benzene rings is 1. The highest BCUT2D eigenvalue weighted by atomic mass is 14.7. The molecular formula is C14H13N. The van der Waals surface area contributed by atoms with Gasteiger partial charge in [-0.3, -0.25) is 4.98 Å². The summed E-state index contributed by atoms with van der Waals surface area (Å²) in [4.78, 5) is 4.46. The SMILES string of the molecule is Cc1cccc2c1Cc1ncccc1C2. The predicted octanol–water partition coefficient (Wildman–Crippen LogP) is 2.89. The Balaban J connectivity index is 2.15. The van der Waals surface area contributed by atoms with Crippen molar-refractivity contribution in [3.05, 3.63) is 64.5 Å². The average Bonchev–Trinajstić information content (AvgIpc) is 2.27. The highest BCUT2D eigenvalue weighted by Crippen LogP contribution is 2.27. The highest BCUT2D eigenvalue weighted by molar-refractivity contribution is 5.45. The van der Waals surface area contributed by atoms with Gasteiger partial charge >= 0.3 is 0 Å². The molecule has 0 N–H and O–H groups in total. The standard InChI is InChI=1S/C14H13N/c1-10-4-2-5-11-8-12-6-3-7-15-14(12)9-13(10)11/h2-7H,8-9H2,1H3. The van der Waals surface area contributed by atoms with Gasteiger partial charge in [0.05, 0.1) is 0 Å². The van der Waals surface area contributed by atoms with E-state index in [-0.39, 0.29) is 0 Å². The third-order valence-electron chi connectivity index (χ3n) is 3.22. The van der Waals surface area contributed by atoms with Crippen LogP contribution in [0.3, 0.4) is 0 Å². The number of aryl methyl sites for hydroxylation is 1. The van der Waals surface area contributed by atoms with Crippen LogP contribution in [0, 0.1) is 6.92 Å². The molecule has 15 heavy (non-hydrogen) atoms. The van der Waals surface area contributed by atoms with Crippen molar-refractivity contribution in [2.24, 2.45) is 0 Å². The van der Waals surface area contributed by atoms with Gasteiger partial charge in [0, 0.05) is 18.3 Å². The second kappa shape index (κ2) is 3.20. The molecule has 0 radical (unpaired) electrons. The van der Waals surface area contributed by atoms with Crippen LogP contribution in [0.5, 0.6) is 0 Å². The molecule has 1 aromatic heterocycles. The molecule has 0 unspecified atom stereocenters. The molecule has 1 aliphatic rings. The number of fused-ring (bicyclic) bond motifs is 2. The van der Waals surface area contributed by atoms with Crippen molar-refractivity contribution in [2.75, 3.05) is 0 Å². The van der Waals surface area contributed by atoms with Crippen LogP contribution in [0.15, 0.2) is 36.5 Å². The van der Waals surface area contributed by atoms with E-state index in [2.05, 4.69) is 36.2 Å². The van der Waals surface area contributed by atoms with Crippen molar-refractivity contribution >= 4 is 0 Å². The van der Waals surface area contributed by atoms with Crippen molar-refractivity contribution in [3.8, 4) is 0 Å². The first kappa shape index (κ1) is 8.66. The number of hydrogen-bond acceptors (Lipinski definition) is 1. The molecule has 0 saturated carbocycles. The Morgan fingerprint density at radius 3 is 2.80 bits per heavy atom. The minimum atomic E-state index is 0.998. The molecule has 3 rings (SSSR count). The maximum absolute atomic E-state index is 4.46. The van der Waals surface area contributed by atoms with E-state index < -0.39 is 0 Å². The fourth-order valence-electron chi connectivity index (χ4n) is 2.35. The normalized spacial score (nSPS) is 13.1. The highest BCUT2D eigenvalue weighted by Gasteiger charge is 2.16. The van der Waals surface area contributed by atoms with E-state index >= 15 is 0 Å². The van der Waals surface area contributed by atoms with Crippen molar-refractivity contribution in [1.82, 2.24) is 4.98 Å². The van der Waals surface area contributed by atoms with Gasteiger partial charge in [-0.2, -0.15) is 0 Å². The van der Waals surface area contributed by atoms with Gasteiger partial charge in [0.25, 0.3) is 0 Å². The lowest BCUT2D eigenvalue weighted by atomic mass is 9.87. The third-order valence-corrected chi connectivity index (χ3v) is 3.22. The molecule has 0 aliphatic heterocycles. The van der Waals surface area contributed by atoms with Crippen molar-refractivity contribution in [1.29, 1.82) is 0 Å². The first-order valence-electron chi connectivity index (χ1n) is 5.35. The molecule has 74 valence electrons. The maximum atomic E-state index is 4.46. The van der Waals surface area contributed by atoms with Gasteiger partial charge in [-0.05, 0) is 41.7 Å². The van der Waals surface area contributed by atoms with E-state index in [0.717, 1.165) is 12.8 Å². The van der Waals surface area contributed by atoms with E-state index in [1.54, 1.807) is 0 Å². The van der Waals surface area contributed by atoms with Crippen LogP contribution >= 0.6 is 0 Å². The Morgan fingerprint density at radius 2 is 1.87 bits per heavy atom. The van der Waals surface area contributed by atoms with Crippen molar-refractivity contribution in [2.45, 2.75) is 19.8 Å². The lowest BCUT2D eigenvalue weighted by molar-refractivity contribution is 0.931. The van der Waals surface area contributed by atoms with Crippen LogP contribution in [-0.2, 0) is 12.8 Å². The van der Waals surface area contributed by atoms with Crippen LogP contribution in [0.25, 0.3) is 0 Å². The fourth-order valence-corrected chi connectivity index (χ4v) is 2.35. The van der Waals surface area contributed by atoms with Gasteiger partial charge < -0.3 is 0 Å². The van der Waals surface area contributed by atoms with Gasteiger partial charge in [-0.1, -0.05) is 24.3 Å². The van der Waals surface area contributed by atoms with E-state index in [4.69, 9.17) is 0 Å². The van der Waals surface area contributed by atoms with Crippen LogP contribution in [-0.4, -0.2) is 4.98 Å². The summed E-state index contributed by atoms with van der Waals surface area (Å²) in [5.41, 5.74) is 6.97. The zero-order chi connectivity index (χ0) is 10.3. The molecule has 0 amide bonds. The molecule has 1 aliphatic carbocycles. The molecule has 0 spiro atoms. The molecule has 0 bridgehead atoms. The molecule has 0 saturated heterocycles. The van der Waals surface area contributed by atoms with Gasteiger partial charge in [0.2, 0.25) is 0 Å².